The Morgan fingerprint density at radius 2 is 2.20 bits per heavy atom. The molecule has 2 N–H and O–H groups in total. The van der Waals surface area contributed by atoms with Crippen LogP contribution in [0.15, 0.2) is 10.7 Å². The van der Waals surface area contributed by atoms with Crippen molar-refractivity contribution in [1.29, 1.82) is 0 Å². The van der Waals surface area contributed by atoms with E-state index < -0.39 is 0 Å². The van der Waals surface area contributed by atoms with Gasteiger partial charge in [-0.1, -0.05) is 0 Å². The van der Waals surface area contributed by atoms with Crippen LogP contribution in [0.25, 0.3) is 0 Å². The Bertz CT molecular complexity index is 357. The van der Waals surface area contributed by atoms with Gasteiger partial charge in [0.15, 0.2) is 0 Å². The molecule has 0 spiro atoms. The first-order valence-corrected chi connectivity index (χ1v) is 5.86. The SMILES string of the molecule is CC1(C)CCCN1c1nc(N)cc(Br)n1. The number of nitrogen functional groups attached to an aromatic ring is 1. The molecule has 1 saturated heterocycles. The Labute approximate surface area is 98.0 Å². The molecule has 1 aliphatic heterocycles. The van der Waals surface area contributed by atoms with Crippen molar-refractivity contribution >= 4 is 27.7 Å². The van der Waals surface area contributed by atoms with Gasteiger partial charge in [0.05, 0.1) is 0 Å². The fourth-order valence-corrected chi connectivity index (χ4v) is 2.41. The van der Waals surface area contributed by atoms with Crippen LogP contribution < -0.4 is 10.6 Å². The van der Waals surface area contributed by atoms with E-state index in [-0.39, 0.29) is 5.54 Å². The van der Waals surface area contributed by atoms with Gasteiger partial charge in [0.2, 0.25) is 5.95 Å². The molecular weight excluding hydrogens is 256 g/mol. The second-order valence-corrected chi connectivity index (χ2v) is 5.30. The number of nitrogens with zero attached hydrogens (tertiary/aromatic N) is 3. The van der Waals surface area contributed by atoms with Crippen molar-refractivity contribution in [2.24, 2.45) is 0 Å². The normalized spacial score (nSPS) is 19.5. The molecule has 0 unspecified atom stereocenters. The standard InChI is InChI=1S/C10H15BrN4/c1-10(2)4-3-5-15(10)9-13-7(11)6-8(12)14-9/h6H,3-5H2,1-2H3,(H2,12,13,14). The Hall–Kier alpha value is -0.840. The molecule has 0 aromatic carbocycles. The molecule has 15 heavy (non-hydrogen) atoms. The summed E-state index contributed by atoms with van der Waals surface area (Å²) in [5.74, 6) is 1.24. The molecule has 0 bridgehead atoms. The maximum absolute atomic E-state index is 5.71. The highest BCUT2D eigenvalue weighted by atomic mass is 79.9. The van der Waals surface area contributed by atoms with Gasteiger partial charge in [-0.2, -0.15) is 4.98 Å². The molecule has 2 heterocycles. The minimum atomic E-state index is 0.132. The quantitative estimate of drug-likeness (QED) is 0.795. The van der Waals surface area contributed by atoms with E-state index in [1.165, 1.54) is 12.8 Å². The van der Waals surface area contributed by atoms with Gasteiger partial charge >= 0.3 is 0 Å². The molecule has 0 radical (unpaired) electrons. The number of hydrogen-bond donors (Lipinski definition) is 1. The lowest BCUT2D eigenvalue weighted by molar-refractivity contribution is 0.510. The van der Waals surface area contributed by atoms with Crippen LogP contribution in [0.1, 0.15) is 26.7 Å². The molecule has 0 atom stereocenters. The summed E-state index contributed by atoms with van der Waals surface area (Å²) in [6.07, 6.45) is 2.35. The Balaban J connectivity index is 2.37. The molecule has 0 amide bonds. The molecule has 1 fully saturated rings. The third-order valence-electron chi connectivity index (χ3n) is 2.85. The summed E-state index contributed by atoms with van der Waals surface area (Å²) in [5.41, 5.74) is 5.84. The van der Waals surface area contributed by atoms with E-state index in [0.717, 1.165) is 17.1 Å². The van der Waals surface area contributed by atoms with E-state index in [9.17, 15) is 0 Å². The lowest BCUT2D eigenvalue weighted by atomic mass is 10.0. The first-order chi connectivity index (χ1) is 6.99. The summed E-state index contributed by atoms with van der Waals surface area (Å²) in [6.45, 7) is 5.42. The molecule has 5 heteroatoms. The highest BCUT2D eigenvalue weighted by Gasteiger charge is 2.33. The topological polar surface area (TPSA) is 55.0 Å². The largest absolute Gasteiger partial charge is 0.383 e. The van der Waals surface area contributed by atoms with Gasteiger partial charge in [-0.3, -0.25) is 0 Å². The predicted molar refractivity (Wildman–Crippen MR) is 64.8 cm³/mol. The lowest BCUT2D eigenvalue weighted by Crippen LogP contribution is -2.39. The van der Waals surface area contributed by atoms with Crippen LogP contribution >= 0.6 is 15.9 Å². The molecule has 1 aromatic rings. The smallest absolute Gasteiger partial charge is 0.228 e. The number of anilines is 2. The average Bonchev–Trinajstić information content (AvgIpc) is 2.43. The molecule has 1 aromatic heterocycles. The Morgan fingerprint density at radius 1 is 1.47 bits per heavy atom. The van der Waals surface area contributed by atoms with Crippen molar-refractivity contribution in [3.05, 3.63) is 10.7 Å². The number of halogens is 1. The van der Waals surface area contributed by atoms with Crippen molar-refractivity contribution in [1.82, 2.24) is 9.97 Å². The van der Waals surface area contributed by atoms with Gasteiger partial charge in [0.1, 0.15) is 10.4 Å². The van der Waals surface area contributed by atoms with Gasteiger partial charge < -0.3 is 10.6 Å². The summed E-state index contributed by atoms with van der Waals surface area (Å²) in [6, 6.07) is 1.71. The average molecular weight is 271 g/mol. The van der Waals surface area contributed by atoms with Gasteiger partial charge in [0, 0.05) is 18.2 Å². The molecule has 4 nitrogen and oxygen atoms in total. The van der Waals surface area contributed by atoms with E-state index in [1.54, 1.807) is 6.07 Å². The predicted octanol–water partition coefficient (Wildman–Crippen LogP) is 2.20. The second kappa shape index (κ2) is 3.63. The fraction of sp³-hybridized carbons (Fsp3) is 0.600. The third-order valence-corrected chi connectivity index (χ3v) is 3.25. The number of aromatic nitrogens is 2. The number of hydrogen-bond acceptors (Lipinski definition) is 4. The van der Waals surface area contributed by atoms with Crippen LogP contribution in [0.3, 0.4) is 0 Å². The summed E-state index contributed by atoms with van der Waals surface area (Å²) < 4.78 is 0.743. The number of nitrogens with two attached hydrogens (primary N) is 1. The molecular formula is C10H15BrN4. The highest BCUT2D eigenvalue weighted by molar-refractivity contribution is 9.10. The fourth-order valence-electron chi connectivity index (χ4n) is 2.02. The van der Waals surface area contributed by atoms with E-state index in [0.29, 0.717) is 5.82 Å². The summed E-state index contributed by atoms with van der Waals surface area (Å²) in [4.78, 5) is 10.9. The van der Waals surface area contributed by atoms with Crippen molar-refractivity contribution in [2.45, 2.75) is 32.2 Å². The van der Waals surface area contributed by atoms with Crippen molar-refractivity contribution in [3.8, 4) is 0 Å². The second-order valence-electron chi connectivity index (χ2n) is 4.48. The zero-order valence-corrected chi connectivity index (χ0v) is 10.6. The van der Waals surface area contributed by atoms with Crippen molar-refractivity contribution < 1.29 is 0 Å². The zero-order chi connectivity index (χ0) is 11.1. The minimum absolute atomic E-state index is 0.132. The van der Waals surface area contributed by atoms with Gasteiger partial charge in [0.25, 0.3) is 0 Å². The van der Waals surface area contributed by atoms with E-state index >= 15 is 0 Å². The third kappa shape index (κ3) is 2.07. The molecule has 0 saturated carbocycles. The van der Waals surface area contributed by atoms with Gasteiger partial charge in [-0.15, -0.1) is 0 Å². The summed E-state index contributed by atoms with van der Waals surface area (Å²) >= 11 is 3.34. The molecule has 2 rings (SSSR count). The van der Waals surface area contributed by atoms with Gasteiger partial charge in [-0.25, -0.2) is 4.98 Å². The molecule has 0 aliphatic carbocycles. The van der Waals surface area contributed by atoms with Crippen LogP contribution in [0.5, 0.6) is 0 Å². The van der Waals surface area contributed by atoms with E-state index in [1.807, 2.05) is 0 Å². The van der Waals surface area contributed by atoms with Crippen molar-refractivity contribution in [2.75, 3.05) is 17.2 Å². The zero-order valence-electron chi connectivity index (χ0n) is 9.00. The lowest BCUT2D eigenvalue weighted by Gasteiger charge is -2.31. The maximum atomic E-state index is 5.71. The Kier molecular flexibility index (Phi) is 2.58. The van der Waals surface area contributed by atoms with Gasteiger partial charge in [-0.05, 0) is 42.6 Å². The van der Waals surface area contributed by atoms with Crippen LogP contribution in [0, 0.1) is 0 Å². The van der Waals surface area contributed by atoms with Crippen LogP contribution in [0.4, 0.5) is 11.8 Å². The first-order valence-electron chi connectivity index (χ1n) is 5.07. The van der Waals surface area contributed by atoms with Crippen LogP contribution in [0.2, 0.25) is 0 Å². The first kappa shape index (κ1) is 10.7. The van der Waals surface area contributed by atoms with E-state index in [2.05, 4.69) is 44.6 Å². The molecule has 82 valence electrons. The highest BCUT2D eigenvalue weighted by Crippen LogP contribution is 2.32. The van der Waals surface area contributed by atoms with Crippen LogP contribution in [-0.4, -0.2) is 22.1 Å². The molecule has 1 aliphatic rings. The minimum Gasteiger partial charge on any atom is -0.383 e. The van der Waals surface area contributed by atoms with E-state index in [4.69, 9.17) is 5.73 Å². The number of rotatable bonds is 1. The Morgan fingerprint density at radius 3 is 2.73 bits per heavy atom. The summed E-state index contributed by atoms with van der Waals surface area (Å²) in [5, 5.41) is 0. The monoisotopic (exact) mass is 270 g/mol. The summed E-state index contributed by atoms with van der Waals surface area (Å²) in [7, 11) is 0. The van der Waals surface area contributed by atoms with Crippen LogP contribution in [-0.2, 0) is 0 Å². The maximum Gasteiger partial charge on any atom is 0.228 e. The van der Waals surface area contributed by atoms with Crippen molar-refractivity contribution in [3.63, 3.8) is 0 Å².